The fraction of sp³-hybridized carbons (Fsp3) is 0.467. The van der Waals surface area contributed by atoms with Crippen LogP contribution in [0.1, 0.15) is 30.4 Å². The third-order valence-electron chi connectivity index (χ3n) is 3.62. The van der Waals surface area contributed by atoms with Crippen molar-refractivity contribution in [1.29, 1.82) is 5.26 Å². The summed E-state index contributed by atoms with van der Waals surface area (Å²) in [4.78, 5) is 13.9. The molecule has 1 atom stereocenters. The standard InChI is InChI=1S/C15H18N2O2/c1-11-6-5-7-12(10-16)14(11)17-9-4-3-8-13(17)15(18)19-2/h5-7,13H,3-4,8-9H2,1-2H3. The van der Waals surface area contributed by atoms with Gasteiger partial charge in [0.25, 0.3) is 0 Å². The zero-order valence-electron chi connectivity index (χ0n) is 11.3. The van der Waals surface area contributed by atoms with Crippen molar-refractivity contribution in [3.05, 3.63) is 29.3 Å². The third-order valence-corrected chi connectivity index (χ3v) is 3.62. The van der Waals surface area contributed by atoms with Gasteiger partial charge in [-0.25, -0.2) is 4.79 Å². The molecule has 4 nitrogen and oxygen atoms in total. The fourth-order valence-corrected chi connectivity index (χ4v) is 2.71. The van der Waals surface area contributed by atoms with Gasteiger partial charge in [-0.1, -0.05) is 12.1 Å². The Morgan fingerprint density at radius 3 is 2.95 bits per heavy atom. The van der Waals surface area contributed by atoms with Gasteiger partial charge in [-0.3, -0.25) is 0 Å². The number of benzene rings is 1. The summed E-state index contributed by atoms with van der Waals surface area (Å²) in [5, 5.41) is 9.26. The van der Waals surface area contributed by atoms with Crippen molar-refractivity contribution < 1.29 is 9.53 Å². The van der Waals surface area contributed by atoms with Crippen LogP contribution in [0, 0.1) is 18.3 Å². The van der Waals surface area contributed by atoms with E-state index in [4.69, 9.17) is 4.74 Å². The molecule has 1 heterocycles. The summed E-state index contributed by atoms with van der Waals surface area (Å²) < 4.78 is 4.89. The molecule has 0 radical (unpaired) electrons. The fourth-order valence-electron chi connectivity index (χ4n) is 2.71. The minimum absolute atomic E-state index is 0.216. The minimum Gasteiger partial charge on any atom is -0.467 e. The van der Waals surface area contributed by atoms with Gasteiger partial charge in [-0.15, -0.1) is 0 Å². The van der Waals surface area contributed by atoms with Gasteiger partial charge in [0.05, 0.1) is 18.4 Å². The van der Waals surface area contributed by atoms with Gasteiger partial charge in [-0.2, -0.15) is 5.26 Å². The SMILES string of the molecule is COC(=O)C1CCCCN1c1c(C)cccc1C#N. The van der Waals surface area contributed by atoms with Crippen molar-refractivity contribution in [2.45, 2.75) is 32.2 Å². The molecule has 0 N–H and O–H groups in total. The number of hydrogen-bond donors (Lipinski definition) is 0. The van der Waals surface area contributed by atoms with E-state index in [9.17, 15) is 10.1 Å². The maximum absolute atomic E-state index is 11.9. The van der Waals surface area contributed by atoms with Crippen molar-refractivity contribution in [3.8, 4) is 6.07 Å². The molecular formula is C15H18N2O2. The number of nitriles is 1. The Morgan fingerprint density at radius 1 is 1.47 bits per heavy atom. The number of carbonyl (C=O) groups excluding carboxylic acids is 1. The number of aryl methyl sites for hydroxylation is 1. The molecule has 0 aromatic heterocycles. The second kappa shape index (κ2) is 5.75. The topological polar surface area (TPSA) is 53.3 Å². The summed E-state index contributed by atoms with van der Waals surface area (Å²) in [5.41, 5.74) is 2.52. The van der Waals surface area contributed by atoms with Crippen LogP contribution in [0.3, 0.4) is 0 Å². The molecule has 1 aliphatic heterocycles. The molecule has 2 rings (SSSR count). The number of anilines is 1. The zero-order chi connectivity index (χ0) is 13.8. The largest absolute Gasteiger partial charge is 0.467 e. The first kappa shape index (κ1) is 13.4. The molecule has 1 aliphatic rings. The maximum atomic E-state index is 11.9. The van der Waals surface area contributed by atoms with E-state index in [1.165, 1.54) is 7.11 Å². The molecule has 19 heavy (non-hydrogen) atoms. The van der Waals surface area contributed by atoms with E-state index < -0.39 is 0 Å². The molecule has 1 saturated heterocycles. The number of esters is 1. The second-order valence-electron chi connectivity index (χ2n) is 4.81. The Bertz CT molecular complexity index is 519. The van der Waals surface area contributed by atoms with Crippen molar-refractivity contribution in [2.24, 2.45) is 0 Å². The normalized spacial score (nSPS) is 18.8. The zero-order valence-corrected chi connectivity index (χ0v) is 11.3. The van der Waals surface area contributed by atoms with E-state index >= 15 is 0 Å². The summed E-state index contributed by atoms with van der Waals surface area (Å²) in [6, 6.07) is 7.58. The monoisotopic (exact) mass is 258 g/mol. The lowest BCUT2D eigenvalue weighted by Crippen LogP contribution is -2.46. The van der Waals surface area contributed by atoms with Crippen molar-refractivity contribution in [3.63, 3.8) is 0 Å². The molecule has 0 bridgehead atoms. The number of para-hydroxylation sites is 1. The first-order valence-corrected chi connectivity index (χ1v) is 6.53. The summed E-state index contributed by atoms with van der Waals surface area (Å²) in [5.74, 6) is -0.216. The molecule has 100 valence electrons. The average molecular weight is 258 g/mol. The molecule has 1 unspecified atom stereocenters. The van der Waals surface area contributed by atoms with E-state index in [0.29, 0.717) is 5.56 Å². The Kier molecular flexibility index (Phi) is 4.06. The Balaban J connectivity index is 2.43. The van der Waals surface area contributed by atoms with Crippen molar-refractivity contribution in [2.75, 3.05) is 18.6 Å². The molecular weight excluding hydrogens is 240 g/mol. The van der Waals surface area contributed by atoms with Gasteiger partial charge in [-0.05, 0) is 37.8 Å². The van der Waals surface area contributed by atoms with Crippen LogP contribution < -0.4 is 4.90 Å². The lowest BCUT2D eigenvalue weighted by molar-refractivity contribution is -0.142. The van der Waals surface area contributed by atoms with E-state index in [2.05, 4.69) is 6.07 Å². The second-order valence-corrected chi connectivity index (χ2v) is 4.81. The van der Waals surface area contributed by atoms with Crippen LogP contribution in [0.5, 0.6) is 0 Å². The molecule has 4 heteroatoms. The molecule has 1 aromatic rings. The number of ether oxygens (including phenoxy) is 1. The smallest absolute Gasteiger partial charge is 0.328 e. The highest BCUT2D eigenvalue weighted by Crippen LogP contribution is 2.31. The van der Waals surface area contributed by atoms with Crippen molar-refractivity contribution in [1.82, 2.24) is 0 Å². The van der Waals surface area contributed by atoms with E-state index in [-0.39, 0.29) is 12.0 Å². The predicted molar refractivity (Wildman–Crippen MR) is 72.9 cm³/mol. The lowest BCUT2D eigenvalue weighted by Gasteiger charge is -2.37. The third kappa shape index (κ3) is 2.55. The summed E-state index contributed by atoms with van der Waals surface area (Å²) in [7, 11) is 1.41. The van der Waals surface area contributed by atoms with Gasteiger partial charge in [0, 0.05) is 6.54 Å². The van der Waals surface area contributed by atoms with Gasteiger partial charge >= 0.3 is 5.97 Å². The first-order valence-electron chi connectivity index (χ1n) is 6.53. The minimum atomic E-state index is -0.271. The Labute approximate surface area is 113 Å². The highest BCUT2D eigenvalue weighted by molar-refractivity contribution is 5.82. The van der Waals surface area contributed by atoms with Crippen LogP contribution >= 0.6 is 0 Å². The molecule has 1 aromatic carbocycles. The van der Waals surface area contributed by atoms with E-state index in [0.717, 1.165) is 37.1 Å². The van der Waals surface area contributed by atoms with Crippen LogP contribution in [0.25, 0.3) is 0 Å². The highest BCUT2D eigenvalue weighted by atomic mass is 16.5. The molecule has 0 spiro atoms. The molecule has 0 aliphatic carbocycles. The summed E-state index contributed by atoms with van der Waals surface area (Å²) in [6.07, 6.45) is 2.84. The van der Waals surface area contributed by atoms with Gasteiger partial charge in [0.1, 0.15) is 12.1 Å². The van der Waals surface area contributed by atoms with Gasteiger partial charge in [0.2, 0.25) is 0 Å². The molecule has 0 saturated carbocycles. The van der Waals surface area contributed by atoms with Crippen LogP contribution in [0.15, 0.2) is 18.2 Å². The summed E-state index contributed by atoms with van der Waals surface area (Å²) in [6.45, 7) is 2.76. The molecule has 1 fully saturated rings. The lowest BCUT2D eigenvalue weighted by atomic mass is 9.98. The Morgan fingerprint density at radius 2 is 2.26 bits per heavy atom. The summed E-state index contributed by atoms with van der Waals surface area (Å²) >= 11 is 0. The van der Waals surface area contributed by atoms with Crippen LogP contribution in [-0.4, -0.2) is 25.7 Å². The number of carbonyl (C=O) groups is 1. The Hall–Kier alpha value is -2.02. The van der Waals surface area contributed by atoms with E-state index in [1.54, 1.807) is 6.07 Å². The number of methoxy groups -OCH3 is 1. The number of piperidine rings is 1. The van der Waals surface area contributed by atoms with Crippen molar-refractivity contribution >= 4 is 11.7 Å². The van der Waals surface area contributed by atoms with Gasteiger partial charge < -0.3 is 9.64 Å². The number of rotatable bonds is 2. The van der Waals surface area contributed by atoms with Crippen LogP contribution in [0.2, 0.25) is 0 Å². The number of hydrogen-bond acceptors (Lipinski definition) is 4. The maximum Gasteiger partial charge on any atom is 0.328 e. The average Bonchev–Trinajstić information content (AvgIpc) is 2.46. The van der Waals surface area contributed by atoms with Crippen LogP contribution in [-0.2, 0) is 9.53 Å². The molecule has 0 amide bonds. The van der Waals surface area contributed by atoms with Crippen LogP contribution in [0.4, 0.5) is 5.69 Å². The predicted octanol–water partition coefficient (Wildman–Crippen LogP) is 2.40. The highest BCUT2D eigenvalue weighted by Gasteiger charge is 2.31. The number of nitrogens with zero attached hydrogens (tertiary/aromatic N) is 2. The van der Waals surface area contributed by atoms with E-state index in [1.807, 2.05) is 24.0 Å². The van der Waals surface area contributed by atoms with Gasteiger partial charge in [0.15, 0.2) is 0 Å². The quantitative estimate of drug-likeness (QED) is 0.764. The first-order chi connectivity index (χ1) is 9.19.